The van der Waals surface area contributed by atoms with E-state index >= 15 is 0 Å². The lowest BCUT2D eigenvalue weighted by Crippen LogP contribution is -2.30. The number of furan rings is 1. The Morgan fingerprint density at radius 3 is 2.68 bits per heavy atom. The van der Waals surface area contributed by atoms with Crippen LogP contribution < -0.4 is 0 Å². The molecule has 0 amide bonds. The Balaban J connectivity index is 1.91. The summed E-state index contributed by atoms with van der Waals surface area (Å²) in [5.74, 6) is 1.04. The third-order valence-electron chi connectivity index (χ3n) is 3.89. The summed E-state index contributed by atoms with van der Waals surface area (Å²) < 4.78 is 39.8. The highest BCUT2D eigenvalue weighted by Crippen LogP contribution is 2.30. The lowest BCUT2D eigenvalue weighted by atomic mass is 10.3. The molecule has 8 nitrogen and oxygen atoms in total. The minimum absolute atomic E-state index is 0.128. The van der Waals surface area contributed by atoms with Crippen LogP contribution in [0.15, 0.2) is 44.6 Å². The highest BCUT2D eigenvalue weighted by atomic mass is 32.2. The Morgan fingerprint density at radius 1 is 1.28 bits per heavy atom. The molecule has 0 bridgehead atoms. The molecule has 25 heavy (non-hydrogen) atoms. The molecule has 3 aromatic heterocycles. The number of rotatable bonds is 7. The molecule has 3 aromatic rings. The second-order valence-corrected chi connectivity index (χ2v) is 7.45. The molecule has 0 atom stereocenters. The van der Waals surface area contributed by atoms with E-state index < -0.39 is 10.0 Å². The maximum Gasteiger partial charge on any atom is 0.246 e. The molecule has 134 valence electrons. The zero-order valence-electron chi connectivity index (χ0n) is 14.3. The molecular weight excluding hydrogens is 344 g/mol. The number of hydrogen-bond acceptors (Lipinski definition) is 6. The Hall–Kier alpha value is -2.39. The minimum Gasteiger partial charge on any atom is -0.457 e. The van der Waals surface area contributed by atoms with Crippen molar-refractivity contribution in [3.63, 3.8) is 0 Å². The SMILES string of the molecule is CCN(Cc1cnn(CC)c1)S(=O)(=O)c1cc(-c2ccno2)oc1C. The molecule has 0 saturated carbocycles. The van der Waals surface area contributed by atoms with Crippen LogP contribution in [-0.4, -0.2) is 34.2 Å². The van der Waals surface area contributed by atoms with E-state index in [0.717, 1.165) is 12.1 Å². The van der Waals surface area contributed by atoms with Crippen LogP contribution in [0.3, 0.4) is 0 Å². The van der Waals surface area contributed by atoms with E-state index in [1.165, 1.54) is 16.6 Å². The van der Waals surface area contributed by atoms with Gasteiger partial charge >= 0.3 is 0 Å². The second kappa shape index (κ2) is 6.85. The molecule has 0 radical (unpaired) electrons. The summed E-state index contributed by atoms with van der Waals surface area (Å²) in [4.78, 5) is 0.128. The summed E-state index contributed by atoms with van der Waals surface area (Å²) in [6, 6.07) is 3.09. The third kappa shape index (κ3) is 3.38. The van der Waals surface area contributed by atoms with Gasteiger partial charge in [0.25, 0.3) is 0 Å². The fourth-order valence-corrected chi connectivity index (χ4v) is 4.15. The molecule has 0 aromatic carbocycles. The molecule has 0 aliphatic heterocycles. The van der Waals surface area contributed by atoms with Crippen molar-refractivity contribution < 1.29 is 17.4 Å². The average Bonchev–Trinajstić information content (AvgIpc) is 3.32. The molecule has 0 spiro atoms. The molecule has 0 aliphatic rings. The second-order valence-electron chi connectivity index (χ2n) is 5.54. The number of aromatic nitrogens is 3. The van der Waals surface area contributed by atoms with E-state index in [-0.39, 0.29) is 11.4 Å². The zero-order valence-corrected chi connectivity index (χ0v) is 15.2. The van der Waals surface area contributed by atoms with Crippen LogP contribution in [0.25, 0.3) is 11.5 Å². The van der Waals surface area contributed by atoms with Gasteiger partial charge in [-0.05, 0) is 13.8 Å². The van der Waals surface area contributed by atoms with Crippen molar-refractivity contribution in [2.24, 2.45) is 0 Å². The smallest absolute Gasteiger partial charge is 0.246 e. The zero-order chi connectivity index (χ0) is 18.0. The Bertz CT molecular complexity index is 941. The van der Waals surface area contributed by atoms with Crippen LogP contribution in [0.1, 0.15) is 25.2 Å². The lowest BCUT2D eigenvalue weighted by molar-refractivity contribution is 0.412. The first-order chi connectivity index (χ1) is 12.0. The first-order valence-electron chi connectivity index (χ1n) is 7.98. The lowest BCUT2D eigenvalue weighted by Gasteiger charge is -2.19. The van der Waals surface area contributed by atoms with Crippen molar-refractivity contribution in [3.05, 3.63) is 42.0 Å². The van der Waals surface area contributed by atoms with Crippen LogP contribution >= 0.6 is 0 Å². The molecule has 0 fully saturated rings. The summed E-state index contributed by atoms with van der Waals surface area (Å²) in [5, 5.41) is 7.80. The summed E-state index contributed by atoms with van der Waals surface area (Å²) >= 11 is 0. The third-order valence-corrected chi connectivity index (χ3v) is 5.92. The molecule has 0 aliphatic carbocycles. The van der Waals surface area contributed by atoms with Gasteiger partial charge in [-0.3, -0.25) is 4.68 Å². The van der Waals surface area contributed by atoms with E-state index in [4.69, 9.17) is 8.94 Å². The monoisotopic (exact) mass is 364 g/mol. The Kier molecular flexibility index (Phi) is 4.78. The number of hydrogen-bond donors (Lipinski definition) is 0. The Labute approximate surface area is 146 Å². The molecule has 0 saturated heterocycles. The van der Waals surface area contributed by atoms with Gasteiger partial charge in [0.2, 0.25) is 15.8 Å². The summed E-state index contributed by atoms with van der Waals surface area (Å²) in [7, 11) is -3.71. The van der Waals surface area contributed by atoms with Gasteiger partial charge in [-0.2, -0.15) is 9.40 Å². The predicted molar refractivity (Wildman–Crippen MR) is 90.1 cm³/mol. The Morgan fingerprint density at radius 2 is 2.08 bits per heavy atom. The van der Waals surface area contributed by atoms with E-state index in [1.807, 2.05) is 13.1 Å². The van der Waals surface area contributed by atoms with Gasteiger partial charge in [-0.25, -0.2) is 8.42 Å². The number of nitrogens with zero attached hydrogens (tertiary/aromatic N) is 4. The topological polar surface area (TPSA) is 94.4 Å². The highest BCUT2D eigenvalue weighted by Gasteiger charge is 2.29. The molecule has 9 heteroatoms. The van der Waals surface area contributed by atoms with Crippen molar-refractivity contribution >= 4 is 10.0 Å². The van der Waals surface area contributed by atoms with Gasteiger partial charge in [0.05, 0.1) is 12.4 Å². The van der Waals surface area contributed by atoms with Gasteiger partial charge < -0.3 is 8.94 Å². The van der Waals surface area contributed by atoms with Crippen LogP contribution in [0.2, 0.25) is 0 Å². The molecule has 0 N–H and O–H groups in total. The van der Waals surface area contributed by atoms with Crippen LogP contribution in [0, 0.1) is 6.92 Å². The summed E-state index contributed by atoms with van der Waals surface area (Å²) in [6.45, 7) is 6.72. The van der Waals surface area contributed by atoms with Crippen LogP contribution in [0.4, 0.5) is 0 Å². The quantitative estimate of drug-likeness (QED) is 0.640. The summed E-state index contributed by atoms with van der Waals surface area (Å²) in [6.07, 6.45) is 5.01. The summed E-state index contributed by atoms with van der Waals surface area (Å²) in [5.41, 5.74) is 0.837. The molecular formula is C16H20N4O4S. The van der Waals surface area contributed by atoms with Gasteiger partial charge in [-0.1, -0.05) is 12.1 Å². The van der Waals surface area contributed by atoms with Crippen molar-refractivity contribution in [1.82, 2.24) is 19.2 Å². The van der Waals surface area contributed by atoms with E-state index in [1.54, 1.807) is 30.8 Å². The highest BCUT2D eigenvalue weighted by molar-refractivity contribution is 7.89. The molecule has 0 unspecified atom stereocenters. The van der Waals surface area contributed by atoms with Gasteiger partial charge in [0.15, 0.2) is 5.76 Å². The minimum atomic E-state index is -3.71. The average molecular weight is 364 g/mol. The standard InChI is InChI=1S/C16H20N4O4S/c1-4-19-10-13(9-17-19)11-20(5-2)25(21,22)16-8-15(23-12(16)3)14-6-7-18-24-14/h6-10H,4-5,11H2,1-3H3. The molecule has 3 heterocycles. The van der Waals surface area contributed by atoms with Crippen LogP contribution in [-0.2, 0) is 23.1 Å². The first kappa shape index (κ1) is 17.4. The first-order valence-corrected chi connectivity index (χ1v) is 9.42. The van der Waals surface area contributed by atoms with Crippen molar-refractivity contribution in [3.8, 4) is 11.5 Å². The van der Waals surface area contributed by atoms with Crippen molar-refractivity contribution in [2.45, 2.75) is 38.8 Å². The van der Waals surface area contributed by atoms with Crippen LogP contribution in [0.5, 0.6) is 0 Å². The van der Waals surface area contributed by atoms with Crippen molar-refractivity contribution in [1.29, 1.82) is 0 Å². The van der Waals surface area contributed by atoms with E-state index in [9.17, 15) is 8.42 Å². The van der Waals surface area contributed by atoms with E-state index in [0.29, 0.717) is 23.8 Å². The fourth-order valence-electron chi connectivity index (χ4n) is 2.56. The van der Waals surface area contributed by atoms with Crippen molar-refractivity contribution in [2.75, 3.05) is 6.54 Å². The molecule has 3 rings (SSSR count). The van der Waals surface area contributed by atoms with Gasteiger partial charge in [-0.15, -0.1) is 0 Å². The predicted octanol–water partition coefficient (Wildman–Crippen LogP) is 2.67. The normalized spacial score (nSPS) is 12.2. The maximum absolute atomic E-state index is 13.0. The maximum atomic E-state index is 13.0. The van der Waals surface area contributed by atoms with E-state index in [2.05, 4.69) is 10.3 Å². The van der Waals surface area contributed by atoms with Gasteiger partial charge in [0.1, 0.15) is 10.7 Å². The fraction of sp³-hybridized carbons (Fsp3) is 0.375. The largest absolute Gasteiger partial charge is 0.457 e. The van der Waals surface area contributed by atoms with Gasteiger partial charge in [0, 0.05) is 43.5 Å². The number of aryl methyl sites for hydroxylation is 2. The number of sulfonamides is 1.